The molecule has 3 heterocycles. The van der Waals surface area contributed by atoms with Crippen molar-refractivity contribution in [1.82, 2.24) is 14.6 Å². The van der Waals surface area contributed by atoms with E-state index in [0.717, 1.165) is 0 Å². The maximum atomic E-state index is 14.4. The van der Waals surface area contributed by atoms with E-state index in [-0.39, 0.29) is 29.2 Å². The van der Waals surface area contributed by atoms with Gasteiger partial charge >= 0.3 is 0 Å². The van der Waals surface area contributed by atoms with E-state index in [1.54, 1.807) is 35.0 Å². The second kappa shape index (κ2) is 8.03. The number of aromatic nitrogens is 3. The fourth-order valence-corrected chi connectivity index (χ4v) is 3.95. The van der Waals surface area contributed by atoms with E-state index in [9.17, 15) is 14.0 Å². The van der Waals surface area contributed by atoms with Gasteiger partial charge in [-0.15, -0.1) is 11.3 Å². The molecule has 0 saturated carbocycles. The van der Waals surface area contributed by atoms with Gasteiger partial charge in [-0.25, -0.2) is 13.9 Å². The minimum atomic E-state index is -0.523. The van der Waals surface area contributed by atoms with Crippen LogP contribution in [0.1, 0.15) is 42.4 Å². The Morgan fingerprint density at radius 3 is 2.71 bits per heavy atom. The number of halogens is 1. The highest BCUT2D eigenvalue weighted by Gasteiger charge is 2.20. The van der Waals surface area contributed by atoms with E-state index in [2.05, 4.69) is 15.4 Å². The predicted molar refractivity (Wildman–Crippen MR) is 119 cm³/mol. The molecule has 8 heteroatoms. The third-order valence-corrected chi connectivity index (χ3v) is 5.49. The number of hydrogen-bond acceptors (Lipinski definition) is 5. The first-order valence-corrected chi connectivity index (χ1v) is 10.6. The van der Waals surface area contributed by atoms with Crippen molar-refractivity contribution < 1.29 is 14.0 Å². The number of nitrogens with zero attached hydrogens (tertiary/aromatic N) is 3. The van der Waals surface area contributed by atoms with Gasteiger partial charge in [0, 0.05) is 18.2 Å². The van der Waals surface area contributed by atoms with Gasteiger partial charge in [-0.3, -0.25) is 9.59 Å². The van der Waals surface area contributed by atoms with Gasteiger partial charge in [0.2, 0.25) is 11.7 Å². The summed E-state index contributed by atoms with van der Waals surface area (Å²) >= 11 is 1.36. The van der Waals surface area contributed by atoms with Gasteiger partial charge in [-0.1, -0.05) is 26.8 Å². The van der Waals surface area contributed by atoms with E-state index in [1.165, 1.54) is 23.6 Å². The third-order valence-electron chi connectivity index (χ3n) is 4.62. The zero-order valence-corrected chi connectivity index (χ0v) is 18.2. The number of thiophene rings is 1. The van der Waals surface area contributed by atoms with Gasteiger partial charge < -0.3 is 5.32 Å². The highest BCUT2D eigenvalue weighted by atomic mass is 32.1. The van der Waals surface area contributed by atoms with Crippen LogP contribution in [0.4, 0.5) is 10.1 Å². The maximum absolute atomic E-state index is 14.4. The summed E-state index contributed by atoms with van der Waals surface area (Å²) in [7, 11) is 0. The summed E-state index contributed by atoms with van der Waals surface area (Å²) in [6.45, 7) is 5.83. The van der Waals surface area contributed by atoms with E-state index < -0.39 is 5.82 Å². The van der Waals surface area contributed by atoms with Gasteiger partial charge in [-0.05, 0) is 41.1 Å². The molecule has 0 aliphatic carbocycles. The van der Waals surface area contributed by atoms with Crippen LogP contribution in [0, 0.1) is 11.2 Å². The van der Waals surface area contributed by atoms with Crippen LogP contribution in [0.5, 0.6) is 0 Å². The van der Waals surface area contributed by atoms with Gasteiger partial charge in [-0.2, -0.15) is 5.10 Å². The smallest absolute Gasteiger partial charge is 0.224 e. The van der Waals surface area contributed by atoms with Gasteiger partial charge in [0.15, 0.2) is 5.65 Å². The number of nitrogens with one attached hydrogen (secondary N) is 1. The molecule has 6 nitrogen and oxygen atoms in total. The van der Waals surface area contributed by atoms with Crippen LogP contribution < -0.4 is 5.32 Å². The summed E-state index contributed by atoms with van der Waals surface area (Å²) in [6.07, 6.45) is 3.34. The van der Waals surface area contributed by atoms with Crippen LogP contribution in [0.3, 0.4) is 0 Å². The molecular weight excluding hydrogens is 415 g/mol. The minimum Gasteiger partial charge on any atom is -0.324 e. The second-order valence-electron chi connectivity index (χ2n) is 8.41. The number of hydrogen-bond donors (Lipinski definition) is 1. The summed E-state index contributed by atoms with van der Waals surface area (Å²) in [4.78, 5) is 30.0. The Morgan fingerprint density at radius 2 is 2.00 bits per heavy atom. The summed E-state index contributed by atoms with van der Waals surface area (Å²) < 4.78 is 15.9. The topological polar surface area (TPSA) is 76.4 Å². The molecule has 0 atom stereocenters. The van der Waals surface area contributed by atoms with Crippen LogP contribution >= 0.6 is 11.3 Å². The lowest BCUT2D eigenvalue weighted by molar-refractivity contribution is -0.117. The van der Waals surface area contributed by atoms with Crippen LogP contribution in [-0.4, -0.2) is 26.3 Å². The summed E-state index contributed by atoms with van der Waals surface area (Å²) in [5.74, 6) is -0.930. The summed E-state index contributed by atoms with van der Waals surface area (Å²) in [5.41, 5.74) is 1.96. The van der Waals surface area contributed by atoms with Crippen molar-refractivity contribution >= 4 is 34.4 Å². The number of anilines is 1. The second-order valence-corrected chi connectivity index (χ2v) is 9.36. The number of carbonyl (C=O) groups is 2. The van der Waals surface area contributed by atoms with Crippen molar-refractivity contribution in [3.8, 4) is 11.3 Å². The fourth-order valence-electron chi connectivity index (χ4n) is 3.27. The predicted octanol–water partition coefficient (Wildman–Crippen LogP) is 5.20. The van der Waals surface area contributed by atoms with Crippen molar-refractivity contribution in [3.63, 3.8) is 0 Å². The molecule has 0 radical (unpaired) electrons. The maximum Gasteiger partial charge on any atom is 0.224 e. The van der Waals surface area contributed by atoms with E-state index in [4.69, 9.17) is 0 Å². The Labute approximate surface area is 182 Å². The molecule has 0 saturated heterocycles. The van der Waals surface area contributed by atoms with Gasteiger partial charge in [0.1, 0.15) is 5.82 Å². The van der Waals surface area contributed by atoms with Gasteiger partial charge in [0.25, 0.3) is 0 Å². The molecule has 31 heavy (non-hydrogen) atoms. The average molecular weight is 437 g/mol. The van der Waals surface area contributed by atoms with Crippen LogP contribution in [0.15, 0.2) is 54.2 Å². The Balaban J connectivity index is 1.71. The molecule has 0 bridgehead atoms. The SMILES string of the molecule is CC(C)(C)CC(=O)Nc1cc(-c2ccnc3c(C(=O)c4cccs4)cnn23)ccc1F. The molecule has 0 fully saturated rings. The van der Waals surface area contributed by atoms with Gasteiger partial charge in [0.05, 0.1) is 28.0 Å². The zero-order valence-electron chi connectivity index (χ0n) is 17.3. The molecule has 1 amide bonds. The van der Waals surface area contributed by atoms with E-state index in [1.807, 2.05) is 32.2 Å². The van der Waals surface area contributed by atoms with E-state index >= 15 is 0 Å². The molecule has 3 aromatic heterocycles. The molecule has 0 aliphatic heterocycles. The summed E-state index contributed by atoms with van der Waals surface area (Å²) in [6, 6.07) is 9.77. The number of benzene rings is 1. The standard InChI is InChI=1S/C23H21FN4O2S/c1-23(2,3)12-20(29)27-17-11-14(6-7-16(17)24)18-8-9-25-22-15(13-26-28(18)22)21(30)19-5-4-10-31-19/h4-11,13H,12H2,1-3H3,(H,27,29). The van der Waals surface area contributed by atoms with Crippen LogP contribution in [-0.2, 0) is 4.79 Å². The first-order valence-electron chi connectivity index (χ1n) is 9.74. The number of amides is 1. The Morgan fingerprint density at radius 1 is 1.19 bits per heavy atom. The monoisotopic (exact) mass is 436 g/mol. The lowest BCUT2D eigenvalue weighted by atomic mass is 9.92. The van der Waals surface area contributed by atoms with Crippen molar-refractivity contribution in [2.75, 3.05) is 5.32 Å². The molecule has 1 N–H and O–H groups in total. The molecule has 1 aromatic carbocycles. The van der Waals surface area contributed by atoms with Crippen LogP contribution in [0.2, 0.25) is 0 Å². The average Bonchev–Trinajstić information content (AvgIpc) is 3.37. The van der Waals surface area contributed by atoms with Crippen LogP contribution in [0.25, 0.3) is 16.9 Å². The quantitative estimate of drug-likeness (QED) is 0.436. The molecule has 0 aliphatic rings. The lowest BCUT2D eigenvalue weighted by Gasteiger charge is -2.17. The van der Waals surface area contributed by atoms with Crippen molar-refractivity contribution in [2.45, 2.75) is 27.2 Å². The summed E-state index contributed by atoms with van der Waals surface area (Å²) in [5, 5.41) is 8.84. The Kier molecular flexibility index (Phi) is 5.41. The molecule has 4 aromatic rings. The highest BCUT2D eigenvalue weighted by Crippen LogP contribution is 2.28. The number of fused-ring (bicyclic) bond motifs is 1. The zero-order chi connectivity index (χ0) is 22.2. The first kappa shape index (κ1) is 20.9. The van der Waals surface area contributed by atoms with E-state index in [0.29, 0.717) is 27.3 Å². The number of rotatable bonds is 5. The number of carbonyl (C=O) groups excluding carboxylic acids is 2. The largest absolute Gasteiger partial charge is 0.324 e. The highest BCUT2D eigenvalue weighted by molar-refractivity contribution is 7.12. The van der Waals surface area contributed by atoms with Crippen molar-refractivity contribution in [2.24, 2.45) is 5.41 Å². The fraction of sp³-hybridized carbons (Fsp3) is 0.217. The third kappa shape index (κ3) is 4.39. The molecule has 158 valence electrons. The first-order chi connectivity index (χ1) is 14.7. The normalized spacial score (nSPS) is 11.6. The van der Waals surface area contributed by atoms with Crippen molar-refractivity contribution in [1.29, 1.82) is 0 Å². The number of ketones is 1. The Bertz CT molecular complexity index is 1270. The Hall–Kier alpha value is -3.39. The lowest BCUT2D eigenvalue weighted by Crippen LogP contribution is -2.20. The molecule has 4 rings (SSSR count). The minimum absolute atomic E-state index is 0.0961. The van der Waals surface area contributed by atoms with Crippen molar-refractivity contribution in [3.05, 3.63) is 70.4 Å². The molecule has 0 unspecified atom stereocenters. The molecule has 0 spiro atoms. The molecular formula is C23H21FN4O2S.